The molecule has 1 aromatic carbocycles. The van der Waals surface area contributed by atoms with Gasteiger partial charge in [-0.1, -0.05) is 0 Å². The van der Waals surface area contributed by atoms with E-state index in [9.17, 15) is 14.9 Å². The zero-order chi connectivity index (χ0) is 15.4. The summed E-state index contributed by atoms with van der Waals surface area (Å²) >= 11 is 0. The third-order valence-electron chi connectivity index (χ3n) is 3.80. The fourth-order valence-electron chi connectivity index (χ4n) is 2.48. The van der Waals surface area contributed by atoms with Crippen molar-refractivity contribution in [2.45, 2.75) is 31.7 Å². The number of hydrogen-bond acceptors (Lipinski definition) is 5. The van der Waals surface area contributed by atoms with Gasteiger partial charge in [-0.3, -0.25) is 10.1 Å². The molecule has 0 radical (unpaired) electrons. The van der Waals surface area contributed by atoms with Crippen molar-refractivity contribution in [3.8, 4) is 0 Å². The molecule has 114 valence electrons. The van der Waals surface area contributed by atoms with Crippen LogP contribution in [-0.2, 0) is 0 Å². The van der Waals surface area contributed by atoms with Crippen molar-refractivity contribution in [3.63, 3.8) is 0 Å². The van der Waals surface area contributed by atoms with Gasteiger partial charge in [-0.25, -0.2) is 4.79 Å². The average molecular weight is 294 g/mol. The van der Waals surface area contributed by atoms with Gasteiger partial charge in [-0.2, -0.15) is 0 Å². The molecule has 0 saturated heterocycles. The van der Waals surface area contributed by atoms with Crippen LogP contribution in [0, 0.1) is 10.1 Å². The topological polar surface area (TPSA) is 104 Å². The minimum atomic E-state index is -1.18. The Balaban J connectivity index is 2.38. The van der Waals surface area contributed by atoms with Crippen molar-refractivity contribution in [1.29, 1.82) is 0 Å². The molecule has 1 fully saturated rings. The van der Waals surface area contributed by atoms with Gasteiger partial charge >= 0.3 is 5.97 Å². The molecule has 0 bridgehead atoms. The molecule has 1 saturated carbocycles. The number of nitro benzene ring substituents is 1. The first-order valence-electron chi connectivity index (χ1n) is 6.94. The van der Waals surface area contributed by atoms with E-state index >= 15 is 0 Å². The van der Waals surface area contributed by atoms with E-state index in [1.165, 1.54) is 12.1 Å². The minimum Gasteiger partial charge on any atom is -0.478 e. The van der Waals surface area contributed by atoms with Crippen molar-refractivity contribution < 1.29 is 19.9 Å². The molecule has 7 heteroatoms. The minimum absolute atomic E-state index is 0.0181. The number of aliphatic hydroxyl groups is 1. The molecule has 1 aromatic rings. The van der Waals surface area contributed by atoms with E-state index in [2.05, 4.69) is 0 Å². The standard InChI is InChI=1S/C14H18N2O5/c17-8-2-7-15(11-3-1-4-11)12-6-5-10(14(18)19)9-13(12)16(20)21/h5-6,9,11,17H,1-4,7-8H2,(H,18,19). The number of carboxylic acids is 1. The highest BCUT2D eigenvalue weighted by Crippen LogP contribution is 2.36. The molecule has 21 heavy (non-hydrogen) atoms. The van der Waals surface area contributed by atoms with Gasteiger partial charge in [0, 0.05) is 25.3 Å². The number of benzene rings is 1. The summed E-state index contributed by atoms with van der Waals surface area (Å²) in [7, 11) is 0. The van der Waals surface area contributed by atoms with Crippen LogP contribution in [0.25, 0.3) is 0 Å². The molecule has 0 aliphatic heterocycles. The summed E-state index contributed by atoms with van der Waals surface area (Å²) in [6.07, 6.45) is 3.53. The lowest BCUT2D eigenvalue weighted by atomic mass is 9.90. The first kappa shape index (κ1) is 15.2. The maximum Gasteiger partial charge on any atom is 0.335 e. The Morgan fingerprint density at radius 2 is 2.14 bits per heavy atom. The maximum atomic E-state index is 11.2. The van der Waals surface area contributed by atoms with E-state index < -0.39 is 10.9 Å². The van der Waals surface area contributed by atoms with Crippen LogP contribution in [0.4, 0.5) is 11.4 Å². The maximum absolute atomic E-state index is 11.2. The SMILES string of the molecule is O=C(O)c1ccc(N(CCCO)C2CCC2)c([N+](=O)[O-])c1. The summed E-state index contributed by atoms with van der Waals surface area (Å²) in [5.74, 6) is -1.18. The number of carboxylic acid groups (broad SMARTS) is 1. The van der Waals surface area contributed by atoms with E-state index in [0.717, 1.165) is 25.3 Å². The lowest BCUT2D eigenvalue weighted by molar-refractivity contribution is -0.384. The summed E-state index contributed by atoms with van der Waals surface area (Å²) in [4.78, 5) is 23.6. The van der Waals surface area contributed by atoms with Crippen LogP contribution >= 0.6 is 0 Å². The molecule has 2 rings (SSSR count). The van der Waals surface area contributed by atoms with Crippen LogP contribution in [0.5, 0.6) is 0 Å². The Morgan fingerprint density at radius 1 is 1.43 bits per heavy atom. The summed E-state index contributed by atoms with van der Waals surface area (Å²) in [6, 6.07) is 4.21. The molecule has 0 unspecified atom stereocenters. The highest BCUT2D eigenvalue weighted by Gasteiger charge is 2.30. The number of aliphatic hydroxyl groups excluding tert-OH is 1. The van der Waals surface area contributed by atoms with Crippen LogP contribution in [0.2, 0.25) is 0 Å². The van der Waals surface area contributed by atoms with Gasteiger partial charge in [-0.05, 0) is 37.8 Å². The molecule has 0 heterocycles. The van der Waals surface area contributed by atoms with Crippen molar-refractivity contribution in [1.82, 2.24) is 0 Å². The monoisotopic (exact) mass is 294 g/mol. The van der Waals surface area contributed by atoms with Gasteiger partial charge in [0.25, 0.3) is 5.69 Å². The van der Waals surface area contributed by atoms with Crippen molar-refractivity contribution in [3.05, 3.63) is 33.9 Å². The lowest BCUT2D eigenvalue weighted by Gasteiger charge is -2.39. The third kappa shape index (κ3) is 3.30. The normalized spacial score (nSPS) is 14.5. The highest BCUT2D eigenvalue weighted by atomic mass is 16.6. The summed E-state index contributed by atoms with van der Waals surface area (Å²) in [5, 5.41) is 29.2. The lowest BCUT2D eigenvalue weighted by Crippen LogP contribution is -2.41. The van der Waals surface area contributed by atoms with Gasteiger partial charge in [0.15, 0.2) is 0 Å². The van der Waals surface area contributed by atoms with Gasteiger partial charge in [0.2, 0.25) is 0 Å². The van der Waals surface area contributed by atoms with Crippen LogP contribution in [0.15, 0.2) is 18.2 Å². The second-order valence-electron chi connectivity index (χ2n) is 5.12. The summed E-state index contributed by atoms with van der Waals surface area (Å²) in [5.41, 5.74) is 0.143. The van der Waals surface area contributed by atoms with Crippen LogP contribution in [0.3, 0.4) is 0 Å². The molecule has 0 amide bonds. The first-order valence-corrected chi connectivity index (χ1v) is 6.94. The van der Waals surface area contributed by atoms with Crippen LogP contribution in [-0.4, -0.2) is 40.3 Å². The Morgan fingerprint density at radius 3 is 2.62 bits per heavy atom. The van der Waals surface area contributed by atoms with Crippen molar-refractivity contribution >= 4 is 17.3 Å². The van der Waals surface area contributed by atoms with Crippen LogP contribution < -0.4 is 4.90 Å². The molecule has 0 spiro atoms. The predicted molar refractivity (Wildman–Crippen MR) is 76.7 cm³/mol. The van der Waals surface area contributed by atoms with E-state index in [0.29, 0.717) is 18.7 Å². The molecular weight excluding hydrogens is 276 g/mol. The van der Waals surface area contributed by atoms with E-state index in [-0.39, 0.29) is 23.9 Å². The number of hydrogen-bond donors (Lipinski definition) is 2. The van der Waals surface area contributed by atoms with E-state index in [1.54, 1.807) is 0 Å². The molecule has 1 aliphatic rings. The third-order valence-corrected chi connectivity index (χ3v) is 3.80. The Bertz CT molecular complexity index is 542. The number of carbonyl (C=O) groups is 1. The van der Waals surface area contributed by atoms with Crippen LogP contribution in [0.1, 0.15) is 36.0 Å². The average Bonchev–Trinajstić information content (AvgIpc) is 2.40. The molecule has 7 nitrogen and oxygen atoms in total. The zero-order valence-electron chi connectivity index (χ0n) is 11.6. The van der Waals surface area contributed by atoms with Gasteiger partial charge in [-0.15, -0.1) is 0 Å². The molecule has 2 N–H and O–H groups in total. The summed E-state index contributed by atoms with van der Waals surface area (Å²) in [6.45, 7) is 0.540. The number of rotatable bonds is 7. The van der Waals surface area contributed by atoms with Gasteiger partial charge in [0.1, 0.15) is 5.69 Å². The summed E-state index contributed by atoms with van der Waals surface area (Å²) < 4.78 is 0. The van der Waals surface area contributed by atoms with Crippen molar-refractivity contribution in [2.75, 3.05) is 18.1 Å². The molecule has 0 atom stereocenters. The second-order valence-corrected chi connectivity index (χ2v) is 5.12. The smallest absolute Gasteiger partial charge is 0.335 e. The van der Waals surface area contributed by atoms with Gasteiger partial charge < -0.3 is 15.1 Å². The first-order chi connectivity index (χ1) is 10.0. The fraction of sp³-hybridized carbons (Fsp3) is 0.500. The fourth-order valence-corrected chi connectivity index (χ4v) is 2.48. The van der Waals surface area contributed by atoms with E-state index in [1.807, 2.05) is 4.90 Å². The molecule has 0 aromatic heterocycles. The second kappa shape index (κ2) is 6.53. The number of nitrogens with zero attached hydrogens (tertiary/aromatic N) is 2. The quantitative estimate of drug-likeness (QED) is 0.589. The number of anilines is 1. The van der Waals surface area contributed by atoms with E-state index in [4.69, 9.17) is 10.2 Å². The Kier molecular flexibility index (Phi) is 4.74. The zero-order valence-corrected chi connectivity index (χ0v) is 11.6. The number of nitro groups is 1. The largest absolute Gasteiger partial charge is 0.478 e. The Hall–Kier alpha value is -2.15. The van der Waals surface area contributed by atoms with Gasteiger partial charge in [0.05, 0.1) is 10.5 Å². The molecular formula is C14H18N2O5. The van der Waals surface area contributed by atoms with Crippen molar-refractivity contribution in [2.24, 2.45) is 0 Å². The number of aromatic carboxylic acids is 1. The highest BCUT2D eigenvalue weighted by molar-refractivity contribution is 5.89. The Labute approximate surface area is 122 Å². The predicted octanol–water partition coefficient (Wildman–Crippen LogP) is 2.03. The molecule has 1 aliphatic carbocycles.